The van der Waals surface area contributed by atoms with Gasteiger partial charge in [-0.1, -0.05) is 23.7 Å². The lowest BCUT2D eigenvalue weighted by atomic mass is 10.1. The summed E-state index contributed by atoms with van der Waals surface area (Å²) in [5.74, 6) is -0.278. The van der Waals surface area contributed by atoms with E-state index in [0.717, 1.165) is 5.56 Å². The molecule has 0 radical (unpaired) electrons. The van der Waals surface area contributed by atoms with Crippen LogP contribution in [0.15, 0.2) is 36.4 Å². The van der Waals surface area contributed by atoms with Gasteiger partial charge in [-0.25, -0.2) is 4.39 Å². The number of fused-ring (bicyclic) bond motifs is 1. The number of carbonyl (C=O) groups is 1. The number of hydrogen-bond acceptors (Lipinski definition) is 3. The SMILES string of the molecule is CNC1C(=O)Nc2cc(Oc3cccc(Cl)c3F)ccc21. The van der Waals surface area contributed by atoms with Gasteiger partial charge < -0.3 is 15.4 Å². The van der Waals surface area contributed by atoms with Gasteiger partial charge in [-0.15, -0.1) is 0 Å². The predicted octanol–water partition coefficient (Wildman–Crippen LogP) is 3.48. The molecule has 1 heterocycles. The zero-order valence-electron chi connectivity index (χ0n) is 11.1. The molecule has 0 saturated carbocycles. The van der Waals surface area contributed by atoms with E-state index in [1.165, 1.54) is 12.1 Å². The van der Waals surface area contributed by atoms with E-state index in [4.69, 9.17) is 16.3 Å². The Morgan fingerprint density at radius 3 is 2.90 bits per heavy atom. The molecule has 3 rings (SSSR count). The van der Waals surface area contributed by atoms with Crippen LogP contribution in [0, 0.1) is 5.82 Å². The summed E-state index contributed by atoms with van der Waals surface area (Å²) >= 11 is 5.71. The molecule has 6 heteroatoms. The van der Waals surface area contributed by atoms with E-state index in [1.807, 2.05) is 0 Å². The van der Waals surface area contributed by atoms with Gasteiger partial charge in [0.15, 0.2) is 11.6 Å². The molecule has 0 fully saturated rings. The zero-order chi connectivity index (χ0) is 15.0. The molecule has 108 valence electrons. The van der Waals surface area contributed by atoms with Crippen molar-refractivity contribution in [1.29, 1.82) is 0 Å². The number of benzene rings is 2. The Kier molecular flexibility index (Phi) is 3.53. The summed E-state index contributed by atoms with van der Waals surface area (Å²) in [4.78, 5) is 11.7. The van der Waals surface area contributed by atoms with Gasteiger partial charge in [0, 0.05) is 17.3 Å². The fourth-order valence-electron chi connectivity index (χ4n) is 2.28. The summed E-state index contributed by atoms with van der Waals surface area (Å²) < 4.78 is 19.3. The van der Waals surface area contributed by atoms with E-state index in [9.17, 15) is 9.18 Å². The van der Waals surface area contributed by atoms with Gasteiger partial charge in [0.1, 0.15) is 11.8 Å². The van der Waals surface area contributed by atoms with Gasteiger partial charge >= 0.3 is 0 Å². The van der Waals surface area contributed by atoms with Crippen LogP contribution in [0.1, 0.15) is 11.6 Å². The largest absolute Gasteiger partial charge is 0.454 e. The number of anilines is 1. The van der Waals surface area contributed by atoms with E-state index in [1.54, 1.807) is 31.3 Å². The quantitative estimate of drug-likeness (QED) is 0.912. The Labute approximate surface area is 125 Å². The number of nitrogens with one attached hydrogen (secondary N) is 2. The molecule has 21 heavy (non-hydrogen) atoms. The highest BCUT2D eigenvalue weighted by Crippen LogP contribution is 2.36. The molecule has 0 bridgehead atoms. The lowest BCUT2D eigenvalue weighted by Crippen LogP contribution is -2.23. The summed E-state index contributed by atoms with van der Waals surface area (Å²) in [6.07, 6.45) is 0. The molecule has 0 saturated heterocycles. The van der Waals surface area contributed by atoms with Crippen molar-refractivity contribution in [3.8, 4) is 11.5 Å². The molecule has 1 unspecified atom stereocenters. The third-order valence-corrected chi connectivity index (χ3v) is 3.58. The second-order valence-corrected chi connectivity index (χ2v) is 5.02. The lowest BCUT2D eigenvalue weighted by molar-refractivity contribution is -0.117. The number of amides is 1. The minimum absolute atomic E-state index is 0.00258. The van der Waals surface area contributed by atoms with Crippen LogP contribution in [0.3, 0.4) is 0 Å². The molecule has 0 spiro atoms. The van der Waals surface area contributed by atoms with Crippen LogP contribution in [0.2, 0.25) is 5.02 Å². The molecule has 2 aromatic carbocycles. The molecular formula is C15H12ClFN2O2. The summed E-state index contributed by atoms with van der Waals surface area (Å²) in [7, 11) is 1.71. The zero-order valence-corrected chi connectivity index (χ0v) is 11.9. The fraction of sp³-hybridized carbons (Fsp3) is 0.133. The Morgan fingerprint density at radius 2 is 2.14 bits per heavy atom. The Hall–Kier alpha value is -2.11. The summed E-state index contributed by atoms with van der Waals surface area (Å²) in [6.45, 7) is 0. The molecule has 2 aromatic rings. The number of rotatable bonds is 3. The molecule has 1 aliphatic heterocycles. The predicted molar refractivity (Wildman–Crippen MR) is 78.4 cm³/mol. The number of ether oxygens (including phenoxy) is 1. The summed E-state index contributed by atoms with van der Waals surface area (Å²) in [5, 5.41) is 5.67. The normalized spacial score (nSPS) is 16.5. The van der Waals surface area contributed by atoms with Crippen LogP contribution in [-0.2, 0) is 4.79 Å². The third kappa shape index (κ3) is 2.46. The third-order valence-electron chi connectivity index (χ3n) is 3.29. The fourth-order valence-corrected chi connectivity index (χ4v) is 2.45. The van der Waals surface area contributed by atoms with E-state index >= 15 is 0 Å². The van der Waals surface area contributed by atoms with Crippen molar-refractivity contribution in [2.45, 2.75) is 6.04 Å². The highest BCUT2D eigenvalue weighted by molar-refractivity contribution is 6.30. The van der Waals surface area contributed by atoms with Gasteiger partial charge in [0.2, 0.25) is 5.91 Å². The van der Waals surface area contributed by atoms with Gasteiger partial charge in [0.05, 0.1) is 5.02 Å². The first-order valence-electron chi connectivity index (χ1n) is 6.34. The summed E-state index contributed by atoms with van der Waals surface area (Å²) in [5.41, 5.74) is 1.49. The van der Waals surface area contributed by atoms with Crippen molar-refractivity contribution >= 4 is 23.2 Å². The van der Waals surface area contributed by atoms with Gasteiger partial charge in [0.25, 0.3) is 0 Å². The average molecular weight is 307 g/mol. The van der Waals surface area contributed by atoms with Crippen LogP contribution >= 0.6 is 11.6 Å². The second kappa shape index (κ2) is 5.35. The standard InChI is InChI=1S/C15H12ClFN2O2/c1-18-14-9-6-5-8(7-11(9)19-15(14)20)21-12-4-2-3-10(16)13(12)17/h2-7,14,18H,1H3,(H,19,20). The van der Waals surface area contributed by atoms with Gasteiger partial charge in [-0.2, -0.15) is 0 Å². The Balaban J connectivity index is 1.91. The van der Waals surface area contributed by atoms with E-state index in [-0.39, 0.29) is 22.7 Å². The van der Waals surface area contributed by atoms with E-state index in [2.05, 4.69) is 10.6 Å². The topological polar surface area (TPSA) is 50.4 Å². The molecule has 0 aromatic heterocycles. The van der Waals surface area contributed by atoms with Crippen molar-refractivity contribution in [3.63, 3.8) is 0 Å². The van der Waals surface area contributed by atoms with Crippen molar-refractivity contribution in [3.05, 3.63) is 52.8 Å². The summed E-state index contributed by atoms with van der Waals surface area (Å²) in [6, 6.07) is 9.28. The van der Waals surface area contributed by atoms with Crippen LogP contribution in [-0.4, -0.2) is 13.0 Å². The molecule has 1 aliphatic rings. The van der Waals surface area contributed by atoms with Crippen molar-refractivity contribution in [2.75, 3.05) is 12.4 Å². The first-order chi connectivity index (χ1) is 10.1. The maximum Gasteiger partial charge on any atom is 0.246 e. The van der Waals surface area contributed by atoms with E-state index in [0.29, 0.717) is 11.4 Å². The van der Waals surface area contributed by atoms with Gasteiger partial charge in [-0.05, 0) is 25.2 Å². The molecule has 4 nitrogen and oxygen atoms in total. The number of likely N-dealkylation sites (N-methyl/N-ethyl adjacent to an activating group) is 1. The molecule has 2 N–H and O–H groups in total. The van der Waals surface area contributed by atoms with Crippen LogP contribution in [0.5, 0.6) is 11.5 Å². The maximum absolute atomic E-state index is 13.8. The van der Waals surface area contributed by atoms with E-state index < -0.39 is 5.82 Å². The minimum Gasteiger partial charge on any atom is -0.454 e. The van der Waals surface area contributed by atoms with Crippen LogP contribution in [0.4, 0.5) is 10.1 Å². The molecule has 1 atom stereocenters. The smallest absolute Gasteiger partial charge is 0.246 e. The van der Waals surface area contributed by atoms with Crippen molar-refractivity contribution in [2.24, 2.45) is 0 Å². The highest BCUT2D eigenvalue weighted by Gasteiger charge is 2.29. The molecule has 1 amide bonds. The first-order valence-corrected chi connectivity index (χ1v) is 6.72. The highest BCUT2D eigenvalue weighted by atomic mass is 35.5. The maximum atomic E-state index is 13.8. The monoisotopic (exact) mass is 306 g/mol. The minimum atomic E-state index is -0.614. The lowest BCUT2D eigenvalue weighted by Gasteiger charge is -2.10. The Morgan fingerprint density at radius 1 is 1.33 bits per heavy atom. The number of hydrogen-bond donors (Lipinski definition) is 2. The molecule has 0 aliphatic carbocycles. The first kappa shape index (κ1) is 13.9. The molecular weight excluding hydrogens is 295 g/mol. The Bertz CT molecular complexity index is 721. The number of carbonyl (C=O) groups excluding carboxylic acids is 1. The average Bonchev–Trinajstić information content (AvgIpc) is 2.78. The number of halogens is 2. The van der Waals surface area contributed by atoms with Gasteiger partial charge in [-0.3, -0.25) is 4.79 Å². The second-order valence-electron chi connectivity index (χ2n) is 4.61. The van der Waals surface area contributed by atoms with Crippen molar-refractivity contribution < 1.29 is 13.9 Å². The van der Waals surface area contributed by atoms with Crippen LogP contribution < -0.4 is 15.4 Å². The van der Waals surface area contributed by atoms with Crippen LogP contribution in [0.25, 0.3) is 0 Å². The van der Waals surface area contributed by atoms with Crippen molar-refractivity contribution in [1.82, 2.24) is 5.32 Å².